The van der Waals surface area contributed by atoms with E-state index in [0.29, 0.717) is 32.5 Å². The first-order valence-electron chi connectivity index (χ1n) is 8.79. The SMILES string of the molecule is O=C(Nc1nnc(S(=O)(=O)NCc2nc(-c3cccc(Cl)c3)no2)s1)c1ccc(Cl)cc1. The maximum atomic E-state index is 12.5. The van der Waals surface area contributed by atoms with Gasteiger partial charge in [-0.2, -0.15) is 9.71 Å². The molecule has 0 spiro atoms. The van der Waals surface area contributed by atoms with Gasteiger partial charge in [0.1, 0.15) is 0 Å². The molecule has 14 heteroatoms. The Kier molecular flexibility index (Phi) is 6.48. The fraction of sp³-hybridized carbons (Fsp3) is 0.0556. The summed E-state index contributed by atoms with van der Waals surface area (Å²) in [6.45, 7) is -0.262. The van der Waals surface area contributed by atoms with Gasteiger partial charge in [-0.1, -0.05) is 51.8 Å². The number of amides is 1. The predicted molar refractivity (Wildman–Crippen MR) is 118 cm³/mol. The molecule has 4 rings (SSSR count). The van der Waals surface area contributed by atoms with Gasteiger partial charge in [-0.3, -0.25) is 10.1 Å². The normalized spacial score (nSPS) is 11.4. The number of carbonyl (C=O) groups is 1. The lowest BCUT2D eigenvalue weighted by atomic mass is 10.2. The molecule has 2 N–H and O–H groups in total. The monoisotopic (exact) mass is 510 g/mol. The second-order valence-corrected chi connectivity index (χ2v) is 9.97. The lowest BCUT2D eigenvalue weighted by Crippen LogP contribution is -2.23. The van der Waals surface area contributed by atoms with Gasteiger partial charge in [0.15, 0.2) is 0 Å². The minimum atomic E-state index is -4.03. The first-order chi connectivity index (χ1) is 15.3. The van der Waals surface area contributed by atoms with Crippen LogP contribution in [0.2, 0.25) is 10.0 Å². The molecule has 2 aromatic carbocycles. The van der Waals surface area contributed by atoms with Crippen LogP contribution in [0.25, 0.3) is 11.4 Å². The molecule has 0 atom stereocenters. The first kappa shape index (κ1) is 22.3. The molecule has 0 radical (unpaired) electrons. The summed E-state index contributed by atoms with van der Waals surface area (Å²) in [7, 11) is -4.03. The summed E-state index contributed by atoms with van der Waals surface area (Å²) in [5.41, 5.74) is 0.958. The fourth-order valence-electron chi connectivity index (χ4n) is 2.43. The van der Waals surface area contributed by atoms with Crippen molar-refractivity contribution in [1.82, 2.24) is 25.1 Å². The van der Waals surface area contributed by atoms with E-state index in [1.165, 1.54) is 12.1 Å². The standard InChI is InChI=1S/C18H12Cl2N6O4S2/c19-12-6-4-10(5-7-12)16(27)23-17-24-25-18(31-17)32(28,29)21-9-14-22-15(26-30-14)11-2-1-3-13(20)8-11/h1-8,21H,9H2,(H,23,24,27). The van der Waals surface area contributed by atoms with Gasteiger partial charge < -0.3 is 4.52 Å². The molecule has 10 nitrogen and oxygen atoms in total. The van der Waals surface area contributed by atoms with Crippen LogP contribution in [0.3, 0.4) is 0 Å². The summed E-state index contributed by atoms with van der Waals surface area (Å²) in [4.78, 5) is 16.4. The van der Waals surface area contributed by atoms with Gasteiger partial charge in [0.2, 0.25) is 21.2 Å². The summed E-state index contributed by atoms with van der Waals surface area (Å²) >= 11 is 12.4. The fourth-order valence-corrected chi connectivity index (χ4v) is 4.66. The summed E-state index contributed by atoms with van der Waals surface area (Å²) in [6, 6.07) is 13.0. The van der Waals surface area contributed by atoms with E-state index < -0.39 is 15.9 Å². The predicted octanol–water partition coefficient (Wildman–Crippen LogP) is 3.63. The van der Waals surface area contributed by atoms with Gasteiger partial charge in [-0.25, -0.2) is 8.42 Å². The average Bonchev–Trinajstić information content (AvgIpc) is 3.43. The number of benzene rings is 2. The first-order valence-corrected chi connectivity index (χ1v) is 11.8. The Labute approximate surface area is 195 Å². The number of hydrogen-bond acceptors (Lipinski definition) is 9. The topological polar surface area (TPSA) is 140 Å². The average molecular weight is 511 g/mol. The summed E-state index contributed by atoms with van der Waals surface area (Å²) in [6.07, 6.45) is 0. The second kappa shape index (κ2) is 9.30. The van der Waals surface area contributed by atoms with E-state index in [9.17, 15) is 13.2 Å². The second-order valence-electron chi connectivity index (χ2n) is 6.18. The van der Waals surface area contributed by atoms with Gasteiger partial charge >= 0.3 is 0 Å². The third-order valence-corrected chi connectivity index (χ3v) is 7.02. The van der Waals surface area contributed by atoms with Gasteiger partial charge in [0, 0.05) is 21.2 Å². The molecule has 0 saturated heterocycles. The Balaban J connectivity index is 1.40. The van der Waals surface area contributed by atoms with Crippen LogP contribution in [0.5, 0.6) is 0 Å². The van der Waals surface area contributed by atoms with Crippen molar-refractivity contribution in [2.75, 3.05) is 5.32 Å². The Morgan fingerprint density at radius 3 is 2.59 bits per heavy atom. The summed E-state index contributed by atoms with van der Waals surface area (Å²) in [5, 5.41) is 14.6. The highest BCUT2D eigenvalue weighted by Crippen LogP contribution is 2.22. The maximum absolute atomic E-state index is 12.5. The maximum Gasteiger partial charge on any atom is 0.270 e. The van der Waals surface area contributed by atoms with Crippen molar-refractivity contribution < 1.29 is 17.7 Å². The molecule has 0 aliphatic carbocycles. The van der Waals surface area contributed by atoms with Crippen LogP contribution >= 0.6 is 34.5 Å². The zero-order valence-electron chi connectivity index (χ0n) is 15.8. The zero-order valence-corrected chi connectivity index (χ0v) is 19.0. The number of anilines is 1. The van der Waals surface area contributed by atoms with E-state index in [-0.39, 0.29) is 27.7 Å². The quantitative estimate of drug-likeness (QED) is 0.359. The van der Waals surface area contributed by atoms with E-state index in [2.05, 4.69) is 30.4 Å². The molecule has 0 saturated carbocycles. The molecule has 0 bridgehead atoms. The van der Waals surface area contributed by atoms with E-state index in [0.717, 1.165) is 0 Å². The largest absolute Gasteiger partial charge is 0.338 e. The van der Waals surface area contributed by atoms with Crippen LogP contribution in [-0.2, 0) is 16.6 Å². The van der Waals surface area contributed by atoms with Crippen molar-refractivity contribution in [2.45, 2.75) is 10.9 Å². The van der Waals surface area contributed by atoms with Gasteiger partial charge in [0.25, 0.3) is 15.9 Å². The minimum Gasteiger partial charge on any atom is -0.338 e. The number of halogens is 2. The summed E-state index contributed by atoms with van der Waals surface area (Å²) < 4.78 is 32.0. The molecule has 0 aliphatic heterocycles. The van der Waals surface area contributed by atoms with Crippen LogP contribution in [0.4, 0.5) is 5.13 Å². The number of rotatable bonds is 7. The highest BCUT2D eigenvalue weighted by Gasteiger charge is 2.22. The van der Waals surface area contributed by atoms with E-state index in [1.54, 1.807) is 36.4 Å². The Morgan fingerprint density at radius 2 is 1.84 bits per heavy atom. The molecule has 32 heavy (non-hydrogen) atoms. The highest BCUT2D eigenvalue weighted by molar-refractivity contribution is 7.91. The Hall–Kier alpha value is -2.90. The number of hydrogen-bond donors (Lipinski definition) is 2. The van der Waals surface area contributed by atoms with Gasteiger partial charge in [0.05, 0.1) is 6.54 Å². The van der Waals surface area contributed by atoms with Gasteiger partial charge in [-0.15, -0.1) is 10.2 Å². The number of nitrogens with one attached hydrogen (secondary N) is 2. The summed E-state index contributed by atoms with van der Waals surface area (Å²) in [5.74, 6) is -0.164. The Bertz CT molecular complexity index is 1370. The molecule has 0 unspecified atom stereocenters. The minimum absolute atomic E-state index is 0.0198. The molecule has 0 aliphatic rings. The van der Waals surface area contributed by atoms with Crippen LogP contribution < -0.4 is 10.0 Å². The van der Waals surface area contributed by atoms with E-state index in [1.807, 2.05) is 0 Å². The highest BCUT2D eigenvalue weighted by atomic mass is 35.5. The third kappa shape index (κ3) is 5.29. The van der Waals surface area contributed by atoms with E-state index in [4.69, 9.17) is 27.7 Å². The molecule has 164 valence electrons. The van der Waals surface area contributed by atoms with Crippen LogP contribution in [0.1, 0.15) is 16.2 Å². The van der Waals surface area contributed by atoms with Crippen molar-refractivity contribution in [3.63, 3.8) is 0 Å². The Morgan fingerprint density at radius 1 is 1.06 bits per heavy atom. The molecule has 1 amide bonds. The van der Waals surface area contributed by atoms with Crippen molar-refractivity contribution in [1.29, 1.82) is 0 Å². The molecular weight excluding hydrogens is 499 g/mol. The molecular formula is C18H12Cl2N6O4S2. The molecule has 0 fully saturated rings. The molecule has 4 aromatic rings. The van der Waals surface area contributed by atoms with Gasteiger partial charge in [-0.05, 0) is 36.4 Å². The number of carbonyl (C=O) groups excluding carboxylic acids is 1. The third-order valence-electron chi connectivity index (χ3n) is 3.93. The van der Waals surface area contributed by atoms with Crippen molar-refractivity contribution in [3.05, 3.63) is 70.0 Å². The lowest BCUT2D eigenvalue weighted by Gasteiger charge is -2.01. The van der Waals surface area contributed by atoms with Crippen LogP contribution in [0, 0.1) is 0 Å². The van der Waals surface area contributed by atoms with Crippen molar-refractivity contribution >= 4 is 55.6 Å². The van der Waals surface area contributed by atoms with E-state index >= 15 is 0 Å². The van der Waals surface area contributed by atoms with Crippen LogP contribution in [0.15, 0.2) is 57.4 Å². The lowest BCUT2D eigenvalue weighted by molar-refractivity contribution is 0.102. The zero-order chi connectivity index (χ0) is 22.7. The van der Waals surface area contributed by atoms with Crippen molar-refractivity contribution in [3.8, 4) is 11.4 Å². The molecule has 2 heterocycles. The molecule has 2 aromatic heterocycles. The number of nitrogens with zero attached hydrogens (tertiary/aromatic N) is 4. The van der Waals surface area contributed by atoms with Crippen molar-refractivity contribution in [2.24, 2.45) is 0 Å². The number of sulfonamides is 1. The smallest absolute Gasteiger partial charge is 0.270 e. The number of aromatic nitrogens is 4. The van der Waals surface area contributed by atoms with Crippen LogP contribution in [-0.4, -0.2) is 34.7 Å².